The van der Waals surface area contributed by atoms with E-state index in [0.717, 1.165) is 32.6 Å². The summed E-state index contributed by atoms with van der Waals surface area (Å²) >= 11 is 0.750. The van der Waals surface area contributed by atoms with Gasteiger partial charge in [0.25, 0.3) is 0 Å². The van der Waals surface area contributed by atoms with Crippen LogP contribution in [0.4, 0.5) is 0 Å². The molecule has 0 aliphatic heterocycles. The van der Waals surface area contributed by atoms with Crippen molar-refractivity contribution in [2.45, 2.75) is 27.7 Å². The van der Waals surface area contributed by atoms with Gasteiger partial charge in [0.2, 0.25) is 0 Å². The summed E-state index contributed by atoms with van der Waals surface area (Å²) in [6, 6.07) is 0. The van der Waals surface area contributed by atoms with E-state index in [0.29, 0.717) is 0 Å². The van der Waals surface area contributed by atoms with Crippen molar-refractivity contribution in [1.29, 1.82) is 0 Å². The number of carbonyl (C=O) groups excluding carboxylic acids is 2. The normalized spacial score (nSPS) is 10.4. The summed E-state index contributed by atoms with van der Waals surface area (Å²) in [5, 5.41) is 20.0. The summed E-state index contributed by atoms with van der Waals surface area (Å²) in [4.78, 5) is 20.0. The molecule has 0 N–H and O–H groups in total. The van der Waals surface area contributed by atoms with E-state index in [9.17, 15) is 19.8 Å². The van der Waals surface area contributed by atoms with E-state index in [-0.39, 0.29) is 23.1 Å². The minimum absolute atomic E-state index is 0.187. The summed E-state index contributed by atoms with van der Waals surface area (Å²) in [5.74, 6) is -0.750. The van der Waals surface area contributed by atoms with Gasteiger partial charge in [-0.15, -0.1) is 11.5 Å². The van der Waals surface area contributed by atoms with Gasteiger partial charge in [0.1, 0.15) is 0 Å². The zero-order valence-corrected chi connectivity index (χ0v) is 11.3. The molecule has 0 amide bonds. The standard InChI is InChI=1S/2C5H8O2.O.Ti/c2*1-4(6)3-5(2)7;;/h2*3,6H,1-2H3;;/q;;;+2/p-2. The second-order valence-electron chi connectivity index (χ2n) is 2.73. The van der Waals surface area contributed by atoms with Crippen LogP contribution in [0.2, 0.25) is 0 Å². The molecule has 0 aliphatic rings. The summed E-state index contributed by atoms with van der Waals surface area (Å²) in [6.45, 7) is 5.39. The molecule has 0 saturated heterocycles. The fourth-order valence-corrected chi connectivity index (χ4v) is 0.572. The van der Waals surface area contributed by atoms with Crippen LogP contribution in [0, 0.1) is 0 Å². The van der Waals surface area contributed by atoms with Gasteiger partial charge >= 0.3 is 23.7 Å². The van der Waals surface area contributed by atoms with Crippen LogP contribution < -0.4 is 10.2 Å². The molecular formula is C10H14O5Ti. The molecule has 0 aromatic carbocycles. The molecule has 0 aromatic rings. The summed E-state index contributed by atoms with van der Waals surface area (Å²) in [6.07, 6.45) is 2.11. The van der Waals surface area contributed by atoms with Crippen molar-refractivity contribution in [3.05, 3.63) is 23.7 Å². The Hall–Kier alpha value is -1.07. The van der Waals surface area contributed by atoms with E-state index < -0.39 is 0 Å². The zero-order valence-electron chi connectivity index (χ0n) is 9.70. The van der Waals surface area contributed by atoms with Crippen molar-refractivity contribution in [3.63, 3.8) is 0 Å². The van der Waals surface area contributed by atoms with E-state index in [1.54, 1.807) is 0 Å². The van der Waals surface area contributed by atoms with Gasteiger partial charge in [0.15, 0.2) is 11.6 Å². The molecular weight excluding hydrogens is 248 g/mol. The third-order valence-corrected chi connectivity index (χ3v) is 0.813. The summed E-state index contributed by atoms with van der Waals surface area (Å²) in [5.41, 5.74) is 0. The molecule has 88 valence electrons. The average molecular weight is 262 g/mol. The maximum atomic E-state index is 9.98. The molecule has 0 aromatic heterocycles. The first-order chi connectivity index (χ1) is 7.25. The monoisotopic (exact) mass is 262 g/mol. The van der Waals surface area contributed by atoms with Gasteiger partial charge in [0.05, 0.1) is 0 Å². The fraction of sp³-hybridized carbons (Fsp3) is 0.400. The molecule has 0 bridgehead atoms. The van der Waals surface area contributed by atoms with Crippen LogP contribution in [0.3, 0.4) is 0 Å². The number of carbonyl (C=O) groups is 2. The molecule has 0 rings (SSSR count). The first-order valence-corrected chi connectivity index (χ1v) is 4.81. The van der Waals surface area contributed by atoms with Gasteiger partial charge in [-0.25, -0.2) is 0 Å². The molecule has 0 spiro atoms. The number of hydrogen-bond acceptors (Lipinski definition) is 5. The molecule has 0 radical (unpaired) electrons. The second kappa shape index (κ2) is 13.9. The average Bonchev–Trinajstić information content (AvgIpc) is 2.03. The van der Waals surface area contributed by atoms with E-state index in [2.05, 4.69) is 0 Å². The molecule has 0 heterocycles. The van der Waals surface area contributed by atoms with Crippen molar-refractivity contribution in [3.8, 4) is 0 Å². The predicted octanol–water partition coefficient (Wildman–Crippen LogP) is -0.442. The molecule has 16 heavy (non-hydrogen) atoms. The van der Waals surface area contributed by atoms with Crippen LogP contribution in [-0.2, 0) is 33.3 Å². The first-order valence-electron chi connectivity index (χ1n) is 4.18. The first kappa shape index (κ1) is 20.4. The van der Waals surface area contributed by atoms with Crippen molar-refractivity contribution in [2.75, 3.05) is 0 Å². The Morgan fingerprint density at radius 2 is 1.00 bits per heavy atom. The minimum atomic E-state index is -0.187. The van der Waals surface area contributed by atoms with Gasteiger partial charge in [-0.05, 0) is 26.0 Å². The Morgan fingerprint density at radius 3 is 1.00 bits per heavy atom. The van der Waals surface area contributed by atoms with Crippen LogP contribution in [-0.4, -0.2) is 11.6 Å². The van der Waals surface area contributed by atoms with Crippen molar-refractivity contribution >= 4 is 11.6 Å². The number of ketones is 2. The van der Waals surface area contributed by atoms with Crippen LogP contribution in [0.1, 0.15) is 27.7 Å². The summed E-state index contributed by atoms with van der Waals surface area (Å²) in [7, 11) is 0. The molecule has 6 heteroatoms. The van der Waals surface area contributed by atoms with Gasteiger partial charge in [-0.3, -0.25) is 9.59 Å². The van der Waals surface area contributed by atoms with Crippen molar-refractivity contribution in [2.24, 2.45) is 0 Å². The third-order valence-electron chi connectivity index (χ3n) is 0.813. The Kier molecular flexibility index (Phi) is 17.7. The summed E-state index contributed by atoms with van der Waals surface area (Å²) < 4.78 is 8.25. The van der Waals surface area contributed by atoms with Gasteiger partial charge < -0.3 is 10.2 Å². The fourth-order valence-electron chi connectivity index (χ4n) is 0.572. The van der Waals surface area contributed by atoms with Crippen molar-refractivity contribution < 1.29 is 43.5 Å². The zero-order chi connectivity index (χ0) is 13.7. The topological polar surface area (TPSA) is 97.3 Å². The van der Waals surface area contributed by atoms with E-state index >= 15 is 0 Å². The van der Waals surface area contributed by atoms with Crippen molar-refractivity contribution in [1.82, 2.24) is 0 Å². The van der Waals surface area contributed by atoms with Crippen LogP contribution >= 0.6 is 0 Å². The Balaban J connectivity index is -0.000000183. The Morgan fingerprint density at radius 1 is 0.812 bits per heavy atom. The van der Waals surface area contributed by atoms with Crippen LogP contribution in [0.15, 0.2) is 23.7 Å². The predicted molar refractivity (Wildman–Crippen MR) is 49.6 cm³/mol. The number of hydrogen-bond donors (Lipinski definition) is 0. The Bertz CT molecular complexity index is 245. The Labute approximate surface area is 107 Å². The van der Waals surface area contributed by atoms with Crippen LogP contribution in [0.5, 0.6) is 0 Å². The van der Waals surface area contributed by atoms with Gasteiger partial charge in [-0.1, -0.05) is 13.8 Å². The molecule has 0 unspecified atom stereocenters. The van der Waals surface area contributed by atoms with E-state index in [4.69, 9.17) is 3.32 Å². The van der Waals surface area contributed by atoms with Gasteiger partial charge in [0, 0.05) is 0 Å². The molecule has 0 atom stereocenters. The molecule has 0 saturated carbocycles. The van der Waals surface area contributed by atoms with Gasteiger partial charge in [-0.2, -0.15) is 0 Å². The third kappa shape index (κ3) is 38.3. The number of allylic oxidation sites excluding steroid dienone is 4. The van der Waals surface area contributed by atoms with E-state index in [1.165, 1.54) is 27.7 Å². The second-order valence-corrected chi connectivity index (χ2v) is 2.73. The van der Waals surface area contributed by atoms with E-state index in [1.807, 2.05) is 0 Å². The van der Waals surface area contributed by atoms with Crippen LogP contribution in [0.25, 0.3) is 0 Å². The molecule has 0 aliphatic carbocycles. The molecule has 0 fully saturated rings. The molecule has 5 nitrogen and oxygen atoms in total. The number of rotatable bonds is 2. The maximum absolute atomic E-state index is 9.98. The quantitative estimate of drug-likeness (QED) is 0.381. The SMILES string of the molecule is CC(=O)C=C(C)[O-].CC(=O)C=C(C)[O-].[O]=[Ti+2].